The molecule has 1 unspecified atom stereocenters. The summed E-state index contributed by atoms with van der Waals surface area (Å²) in [6, 6.07) is 2.63. The van der Waals surface area contributed by atoms with Gasteiger partial charge in [-0.2, -0.15) is 0 Å². The molecule has 0 aliphatic carbocycles. The Hall–Kier alpha value is -0.540. The van der Waals surface area contributed by atoms with Crippen molar-refractivity contribution in [2.75, 3.05) is 13.7 Å². The monoisotopic (exact) mass is 283 g/mol. The number of aryl methyl sites for hydroxylation is 1. The van der Waals surface area contributed by atoms with E-state index in [9.17, 15) is 0 Å². The second-order valence-corrected chi connectivity index (χ2v) is 5.25. The van der Waals surface area contributed by atoms with Gasteiger partial charge >= 0.3 is 0 Å². The van der Waals surface area contributed by atoms with Crippen molar-refractivity contribution in [1.82, 2.24) is 5.32 Å². The minimum absolute atomic E-state index is 0.476. The van der Waals surface area contributed by atoms with Gasteiger partial charge < -0.3 is 10.1 Å². The van der Waals surface area contributed by atoms with Crippen molar-refractivity contribution in [2.45, 2.75) is 32.7 Å². The third-order valence-electron chi connectivity index (χ3n) is 3.32. The summed E-state index contributed by atoms with van der Waals surface area (Å²) in [6.07, 6.45) is 2.47. The molecule has 88 valence electrons. The highest BCUT2D eigenvalue weighted by Crippen LogP contribution is 2.38. The summed E-state index contributed by atoms with van der Waals surface area (Å²) in [5, 5.41) is 3.54. The first kappa shape index (κ1) is 11.9. The topological polar surface area (TPSA) is 21.3 Å². The Morgan fingerprint density at radius 1 is 1.44 bits per heavy atom. The van der Waals surface area contributed by atoms with Crippen LogP contribution < -0.4 is 10.1 Å². The first-order chi connectivity index (χ1) is 7.65. The molecule has 1 aromatic carbocycles. The number of ether oxygens (including phenoxy) is 1. The van der Waals surface area contributed by atoms with Gasteiger partial charge in [-0.1, -0.05) is 15.9 Å². The number of nitrogens with one attached hydrogen (secondary N) is 1. The Kier molecular flexibility index (Phi) is 3.55. The van der Waals surface area contributed by atoms with E-state index < -0.39 is 0 Å². The molecule has 1 aliphatic heterocycles. The van der Waals surface area contributed by atoms with Crippen LogP contribution in [0.5, 0.6) is 5.75 Å². The van der Waals surface area contributed by atoms with Crippen LogP contribution in [0.25, 0.3) is 0 Å². The fourth-order valence-electron chi connectivity index (χ4n) is 2.60. The lowest BCUT2D eigenvalue weighted by Crippen LogP contribution is -2.15. The number of hydrogen-bond acceptors (Lipinski definition) is 2. The van der Waals surface area contributed by atoms with Gasteiger partial charge in [0.15, 0.2) is 0 Å². The van der Waals surface area contributed by atoms with Crippen LogP contribution in [0, 0.1) is 13.8 Å². The molecule has 1 aliphatic rings. The molecule has 1 fully saturated rings. The Labute approximate surface area is 106 Å². The lowest BCUT2D eigenvalue weighted by Gasteiger charge is -2.20. The van der Waals surface area contributed by atoms with Crippen LogP contribution in [-0.4, -0.2) is 13.7 Å². The summed E-state index contributed by atoms with van der Waals surface area (Å²) in [6.45, 7) is 5.35. The third-order valence-corrected chi connectivity index (χ3v) is 3.97. The van der Waals surface area contributed by atoms with Gasteiger partial charge in [0.1, 0.15) is 5.75 Å². The number of halogens is 1. The molecule has 0 aromatic heterocycles. The molecule has 1 saturated heterocycles. The van der Waals surface area contributed by atoms with Crippen LogP contribution in [0.2, 0.25) is 0 Å². The highest BCUT2D eigenvalue weighted by Gasteiger charge is 2.23. The zero-order chi connectivity index (χ0) is 11.7. The van der Waals surface area contributed by atoms with Crippen molar-refractivity contribution in [2.24, 2.45) is 0 Å². The summed E-state index contributed by atoms with van der Waals surface area (Å²) in [7, 11) is 1.75. The van der Waals surface area contributed by atoms with E-state index >= 15 is 0 Å². The smallest absolute Gasteiger partial charge is 0.125 e. The van der Waals surface area contributed by atoms with E-state index in [0.717, 1.165) is 12.3 Å². The number of hydrogen-bond donors (Lipinski definition) is 1. The molecule has 1 N–H and O–H groups in total. The van der Waals surface area contributed by atoms with Crippen molar-refractivity contribution in [3.05, 3.63) is 27.2 Å². The van der Waals surface area contributed by atoms with Crippen LogP contribution in [0.1, 0.15) is 35.6 Å². The van der Waals surface area contributed by atoms with Gasteiger partial charge in [0.2, 0.25) is 0 Å². The Balaban J connectivity index is 2.50. The summed E-state index contributed by atoms with van der Waals surface area (Å²) in [5.74, 6) is 1.02. The SMILES string of the molecule is COc1c(C)cc(Br)c(C2CCCN2)c1C. The van der Waals surface area contributed by atoms with E-state index in [4.69, 9.17) is 4.74 Å². The normalized spacial score (nSPS) is 20.1. The predicted octanol–water partition coefficient (Wildman–Crippen LogP) is 3.50. The second-order valence-electron chi connectivity index (χ2n) is 4.40. The number of methoxy groups -OCH3 is 1. The minimum atomic E-state index is 0.476. The lowest BCUT2D eigenvalue weighted by atomic mass is 9.97. The quantitative estimate of drug-likeness (QED) is 0.897. The molecule has 0 spiro atoms. The van der Waals surface area contributed by atoms with E-state index in [1.165, 1.54) is 34.0 Å². The summed E-state index contributed by atoms with van der Waals surface area (Å²) in [4.78, 5) is 0. The molecular weight excluding hydrogens is 266 g/mol. The fourth-order valence-corrected chi connectivity index (χ4v) is 3.52. The van der Waals surface area contributed by atoms with Crippen molar-refractivity contribution in [3.63, 3.8) is 0 Å². The molecular formula is C13H18BrNO. The van der Waals surface area contributed by atoms with Crippen LogP contribution in [0.3, 0.4) is 0 Å². The van der Waals surface area contributed by atoms with Gasteiger partial charge in [-0.3, -0.25) is 0 Å². The van der Waals surface area contributed by atoms with Crippen molar-refractivity contribution >= 4 is 15.9 Å². The maximum atomic E-state index is 5.48. The molecule has 1 atom stereocenters. The third kappa shape index (κ3) is 1.98. The number of rotatable bonds is 2. The summed E-state index contributed by atoms with van der Waals surface area (Å²) >= 11 is 3.68. The van der Waals surface area contributed by atoms with Gasteiger partial charge in [0.25, 0.3) is 0 Å². The molecule has 2 rings (SSSR count). The van der Waals surface area contributed by atoms with E-state index in [0.29, 0.717) is 6.04 Å². The van der Waals surface area contributed by atoms with Crippen molar-refractivity contribution in [1.29, 1.82) is 0 Å². The maximum Gasteiger partial charge on any atom is 0.125 e. The van der Waals surface area contributed by atoms with Crippen molar-refractivity contribution < 1.29 is 4.74 Å². The standard InChI is InChI=1S/C13H18BrNO/c1-8-7-10(14)12(9(2)13(8)16-3)11-5-4-6-15-11/h7,11,15H,4-6H2,1-3H3. The molecule has 1 aromatic rings. The Bertz CT molecular complexity index is 397. The molecule has 16 heavy (non-hydrogen) atoms. The van der Waals surface area contributed by atoms with Gasteiger partial charge in [-0.15, -0.1) is 0 Å². The molecule has 3 heteroatoms. The zero-order valence-electron chi connectivity index (χ0n) is 10.1. The summed E-state index contributed by atoms with van der Waals surface area (Å²) < 4.78 is 6.68. The van der Waals surface area contributed by atoms with Crippen LogP contribution in [0.4, 0.5) is 0 Å². The second kappa shape index (κ2) is 4.76. The van der Waals surface area contributed by atoms with Gasteiger partial charge in [-0.05, 0) is 56.0 Å². The van der Waals surface area contributed by atoms with Crippen LogP contribution >= 0.6 is 15.9 Å². The van der Waals surface area contributed by atoms with Crippen LogP contribution in [0.15, 0.2) is 10.5 Å². The predicted molar refractivity (Wildman–Crippen MR) is 70.1 cm³/mol. The average molecular weight is 284 g/mol. The van der Waals surface area contributed by atoms with E-state index in [1.54, 1.807) is 7.11 Å². The zero-order valence-corrected chi connectivity index (χ0v) is 11.6. The molecule has 0 bridgehead atoms. The van der Waals surface area contributed by atoms with Gasteiger partial charge in [-0.25, -0.2) is 0 Å². The maximum absolute atomic E-state index is 5.48. The van der Waals surface area contributed by atoms with Gasteiger partial charge in [0, 0.05) is 10.5 Å². The molecule has 0 amide bonds. The Morgan fingerprint density at radius 2 is 2.19 bits per heavy atom. The average Bonchev–Trinajstić information content (AvgIpc) is 2.70. The summed E-state index contributed by atoms with van der Waals surface area (Å²) in [5.41, 5.74) is 3.81. The largest absolute Gasteiger partial charge is 0.496 e. The van der Waals surface area contributed by atoms with Gasteiger partial charge in [0.05, 0.1) is 7.11 Å². The van der Waals surface area contributed by atoms with E-state index in [-0.39, 0.29) is 0 Å². The van der Waals surface area contributed by atoms with E-state index in [2.05, 4.69) is 41.2 Å². The number of benzene rings is 1. The fraction of sp³-hybridized carbons (Fsp3) is 0.538. The molecule has 0 radical (unpaired) electrons. The molecule has 1 heterocycles. The van der Waals surface area contributed by atoms with E-state index in [1.807, 2.05) is 0 Å². The van der Waals surface area contributed by atoms with Crippen LogP contribution in [-0.2, 0) is 0 Å². The molecule has 0 saturated carbocycles. The Morgan fingerprint density at radius 3 is 2.75 bits per heavy atom. The first-order valence-corrected chi connectivity index (χ1v) is 6.51. The first-order valence-electron chi connectivity index (χ1n) is 5.72. The minimum Gasteiger partial charge on any atom is -0.496 e. The van der Waals surface area contributed by atoms with Crippen molar-refractivity contribution in [3.8, 4) is 5.75 Å². The highest BCUT2D eigenvalue weighted by molar-refractivity contribution is 9.10. The lowest BCUT2D eigenvalue weighted by molar-refractivity contribution is 0.406. The molecule has 2 nitrogen and oxygen atoms in total. The highest BCUT2D eigenvalue weighted by atomic mass is 79.9.